The first-order valence-electron chi connectivity index (χ1n) is 8.53. The molecule has 2 N–H and O–H groups in total. The van der Waals surface area contributed by atoms with E-state index in [1.54, 1.807) is 35.6 Å². The zero-order valence-corrected chi connectivity index (χ0v) is 16.7. The highest BCUT2D eigenvalue weighted by Gasteiger charge is 2.25. The lowest BCUT2D eigenvalue weighted by Crippen LogP contribution is -2.06. The molecule has 4 rings (SSSR count). The molecule has 0 amide bonds. The maximum Gasteiger partial charge on any atom is 0.191 e. The van der Waals surface area contributed by atoms with Crippen LogP contribution in [0, 0.1) is 0 Å². The van der Waals surface area contributed by atoms with Gasteiger partial charge in [-0.1, -0.05) is 30.3 Å². The van der Waals surface area contributed by atoms with Gasteiger partial charge in [0.2, 0.25) is 0 Å². The normalized spacial score (nSPS) is 16.6. The van der Waals surface area contributed by atoms with Crippen LogP contribution in [0.4, 0.5) is 5.82 Å². The second-order valence-electron chi connectivity index (χ2n) is 6.52. The molecule has 3 aromatic rings. The third-order valence-corrected chi connectivity index (χ3v) is 6.96. The number of halogens is 1. The van der Waals surface area contributed by atoms with E-state index in [9.17, 15) is 4.79 Å². The molecule has 1 aliphatic rings. The average molecular weight is 404 g/mol. The Morgan fingerprint density at radius 3 is 2.88 bits per heavy atom. The van der Waals surface area contributed by atoms with Crippen molar-refractivity contribution in [2.75, 3.05) is 11.5 Å². The van der Waals surface area contributed by atoms with Crippen LogP contribution in [-0.4, -0.2) is 21.5 Å². The Hall–Kier alpha value is -1.63. The molecule has 4 nitrogen and oxygen atoms in total. The Kier molecular flexibility index (Phi) is 4.90. The van der Waals surface area contributed by atoms with Gasteiger partial charge in [0.15, 0.2) is 10.9 Å². The number of nitrogens with zero attached hydrogens (tertiary/aromatic N) is 2. The largest absolute Gasteiger partial charge is 0.383 e. The van der Waals surface area contributed by atoms with Crippen LogP contribution in [0.25, 0.3) is 10.2 Å². The van der Waals surface area contributed by atoms with E-state index in [-0.39, 0.29) is 11.5 Å². The SMILES string of the molecule is C[C@@H]1CCCc2sc3nc(SCC(=O)c4ccc(Cl)cc4)nc(N)c3c21. The van der Waals surface area contributed by atoms with E-state index in [0.717, 1.165) is 16.6 Å². The van der Waals surface area contributed by atoms with Gasteiger partial charge in [0.1, 0.15) is 10.6 Å². The molecule has 0 bridgehead atoms. The van der Waals surface area contributed by atoms with Crippen molar-refractivity contribution >= 4 is 56.5 Å². The topological polar surface area (TPSA) is 68.9 Å². The third-order valence-electron chi connectivity index (χ3n) is 4.71. The van der Waals surface area contributed by atoms with Gasteiger partial charge in [-0.2, -0.15) is 0 Å². The molecule has 2 heterocycles. The van der Waals surface area contributed by atoms with Gasteiger partial charge >= 0.3 is 0 Å². The lowest BCUT2D eigenvalue weighted by Gasteiger charge is -2.18. The van der Waals surface area contributed by atoms with Crippen LogP contribution in [0.3, 0.4) is 0 Å². The molecular weight excluding hydrogens is 386 g/mol. The molecule has 7 heteroatoms. The van der Waals surface area contributed by atoms with Crippen molar-refractivity contribution in [3.63, 3.8) is 0 Å². The molecule has 0 spiro atoms. The zero-order chi connectivity index (χ0) is 18.3. The summed E-state index contributed by atoms with van der Waals surface area (Å²) >= 11 is 8.91. The first-order chi connectivity index (χ1) is 12.5. The smallest absolute Gasteiger partial charge is 0.191 e. The van der Waals surface area contributed by atoms with E-state index in [1.165, 1.54) is 35.0 Å². The molecule has 0 saturated heterocycles. The summed E-state index contributed by atoms with van der Waals surface area (Å²) in [6.07, 6.45) is 3.49. The summed E-state index contributed by atoms with van der Waals surface area (Å²) in [6.45, 7) is 2.25. The minimum atomic E-state index is 0.0213. The number of benzene rings is 1. The maximum atomic E-state index is 12.3. The fourth-order valence-corrected chi connectivity index (χ4v) is 5.68. The number of rotatable bonds is 4. The standard InChI is InChI=1S/C19H18ClN3OS2/c1-10-3-2-4-14-15(10)16-17(21)22-19(23-18(16)26-14)25-9-13(24)11-5-7-12(20)8-6-11/h5-8,10H,2-4,9H2,1H3,(H2,21,22,23)/t10-/m1/s1. The van der Waals surface area contributed by atoms with Crippen LogP contribution in [0.5, 0.6) is 0 Å². The summed E-state index contributed by atoms with van der Waals surface area (Å²) < 4.78 is 0. The minimum absolute atomic E-state index is 0.0213. The predicted molar refractivity (Wildman–Crippen MR) is 110 cm³/mol. The van der Waals surface area contributed by atoms with Crippen LogP contribution < -0.4 is 5.73 Å². The third kappa shape index (κ3) is 3.33. The minimum Gasteiger partial charge on any atom is -0.383 e. The summed E-state index contributed by atoms with van der Waals surface area (Å²) in [6, 6.07) is 6.91. The monoisotopic (exact) mass is 403 g/mol. The molecule has 0 radical (unpaired) electrons. The number of anilines is 1. The summed E-state index contributed by atoms with van der Waals surface area (Å²) in [4.78, 5) is 23.8. The number of Topliss-reactive ketones (excluding diaryl/α,β-unsaturated/α-hetero) is 1. The van der Waals surface area contributed by atoms with Gasteiger partial charge in [-0.15, -0.1) is 11.3 Å². The zero-order valence-electron chi connectivity index (χ0n) is 14.3. The summed E-state index contributed by atoms with van der Waals surface area (Å²) in [5.41, 5.74) is 8.24. The van der Waals surface area contributed by atoms with E-state index >= 15 is 0 Å². The van der Waals surface area contributed by atoms with Crippen molar-refractivity contribution in [3.8, 4) is 0 Å². The van der Waals surface area contributed by atoms with E-state index < -0.39 is 0 Å². The van der Waals surface area contributed by atoms with E-state index in [0.29, 0.717) is 27.5 Å². The van der Waals surface area contributed by atoms with Crippen molar-refractivity contribution in [1.29, 1.82) is 0 Å². The van der Waals surface area contributed by atoms with E-state index in [2.05, 4.69) is 16.9 Å². The Morgan fingerprint density at radius 2 is 2.12 bits per heavy atom. The lowest BCUT2D eigenvalue weighted by atomic mass is 9.87. The van der Waals surface area contributed by atoms with Crippen LogP contribution in [0.1, 0.15) is 46.5 Å². The first kappa shape index (κ1) is 17.8. The van der Waals surface area contributed by atoms with Crippen molar-refractivity contribution in [3.05, 3.63) is 45.3 Å². The molecule has 2 aromatic heterocycles. The number of aryl methyl sites for hydroxylation is 1. The number of ketones is 1. The van der Waals surface area contributed by atoms with E-state index in [4.69, 9.17) is 17.3 Å². The Labute approximate surface area is 165 Å². The van der Waals surface area contributed by atoms with Crippen molar-refractivity contribution < 1.29 is 4.79 Å². The average Bonchev–Trinajstić information content (AvgIpc) is 3.00. The second-order valence-corrected chi connectivity index (χ2v) is 8.99. The number of hydrogen-bond donors (Lipinski definition) is 1. The highest BCUT2D eigenvalue weighted by molar-refractivity contribution is 7.99. The van der Waals surface area contributed by atoms with Gasteiger partial charge in [0, 0.05) is 15.5 Å². The number of carbonyl (C=O) groups excluding carboxylic acids is 1. The highest BCUT2D eigenvalue weighted by Crippen LogP contribution is 2.43. The lowest BCUT2D eigenvalue weighted by molar-refractivity contribution is 0.102. The predicted octanol–water partition coefficient (Wildman–Crippen LogP) is 5.34. The number of nitrogens with two attached hydrogens (primary N) is 1. The molecular formula is C19H18ClN3OS2. The highest BCUT2D eigenvalue weighted by atomic mass is 35.5. The van der Waals surface area contributed by atoms with Gasteiger partial charge < -0.3 is 5.73 Å². The van der Waals surface area contributed by atoms with Crippen molar-refractivity contribution in [2.45, 2.75) is 37.3 Å². The number of hydrogen-bond acceptors (Lipinski definition) is 6. The Balaban J connectivity index is 1.58. The van der Waals surface area contributed by atoms with Gasteiger partial charge in [-0.3, -0.25) is 4.79 Å². The molecule has 1 atom stereocenters. The number of fused-ring (bicyclic) bond motifs is 3. The number of carbonyl (C=O) groups is 1. The molecule has 1 aromatic carbocycles. The number of thiophene rings is 1. The van der Waals surface area contributed by atoms with Gasteiger partial charge in [-0.05, 0) is 55.0 Å². The molecule has 0 fully saturated rings. The van der Waals surface area contributed by atoms with Crippen molar-refractivity contribution in [1.82, 2.24) is 9.97 Å². The van der Waals surface area contributed by atoms with Gasteiger partial charge in [0.25, 0.3) is 0 Å². The van der Waals surface area contributed by atoms with Crippen LogP contribution in [0.2, 0.25) is 5.02 Å². The van der Waals surface area contributed by atoms with E-state index in [1.807, 2.05) is 0 Å². The number of thioether (sulfide) groups is 1. The molecule has 0 aliphatic heterocycles. The molecule has 0 saturated carbocycles. The Bertz CT molecular complexity index is 985. The van der Waals surface area contributed by atoms with Crippen LogP contribution in [-0.2, 0) is 6.42 Å². The molecule has 0 unspecified atom stereocenters. The first-order valence-corrected chi connectivity index (χ1v) is 10.7. The van der Waals surface area contributed by atoms with Gasteiger partial charge in [-0.25, -0.2) is 9.97 Å². The molecule has 1 aliphatic carbocycles. The van der Waals surface area contributed by atoms with Crippen molar-refractivity contribution in [2.24, 2.45) is 0 Å². The Morgan fingerprint density at radius 1 is 1.35 bits per heavy atom. The second kappa shape index (κ2) is 7.18. The fourth-order valence-electron chi connectivity index (χ4n) is 3.41. The van der Waals surface area contributed by atoms with Gasteiger partial charge in [0.05, 0.1) is 11.1 Å². The fraction of sp³-hybridized carbons (Fsp3) is 0.316. The number of nitrogen functional groups attached to an aromatic ring is 1. The molecule has 26 heavy (non-hydrogen) atoms. The molecule has 134 valence electrons. The quantitative estimate of drug-likeness (QED) is 0.361. The maximum absolute atomic E-state index is 12.3. The van der Waals surface area contributed by atoms with Crippen LogP contribution >= 0.6 is 34.7 Å². The summed E-state index contributed by atoms with van der Waals surface area (Å²) in [5, 5.41) is 2.20. The summed E-state index contributed by atoms with van der Waals surface area (Å²) in [5.74, 6) is 1.33. The van der Waals surface area contributed by atoms with Crippen LogP contribution in [0.15, 0.2) is 29.4 Å². The summed E-state index contributed by atoms with van der Waals surface area (Å²) in [7, 11) is 0. The number of aromatic nitrogens is 2.